The molecular weight excluding hydrogens is 298 g/mol. The zero-order valence-corrected chi connectivity index (χ0v) is 15.1. The Morgan fingerprint density at radius 1 is 1.12 bits per heavy atom. The van der Waals surface area contributed by atoms with Crippen molar-refractivity contribution in [2.24, 2.45) is 11.3 Å². The highest BCUT2D eigenvalue weighted by atomic mass is 16.2. The van der Waals surface area contributed by atoms with Crippen molar-refractivity contribution >= 4 is 11.6 Å². The smallest absolute Gasteiger partial charge is 0.228 e. The van der Waals surface area contributed by atoms with Crippen molar-refractivity contribution in [2.75, 3.05) is 44.2 Å². The van der Waals surface area contributed by atoms with Gasteiger partial charge in [-0.2, -0.15) is 0 Å². The van der Waals surface area contributed by atoms with E-state index in [1.807, 2.05) is 25.7 Å². The van der Waals surface area contributed by atoms with E-state index in [-0.39, 0.29) is 11.3 Å². The molecule has 4 heteroatoms. The van der Waals surface area contributed by atoms with Crippen molar-refractivity contribution in [1.82, 2.24) is 10.2 Å². The van der Waals surface area contributed by atoms with E-state index in [9.17, 15) is 4.79 Å². The molecule has 1 N–H and O–H groups in total. The summed E-state index contributed by atoms with van der Waals surface area (Å²) in [6.07, 6.45) is 1.35. The van der Waals surface area contributed by atoms with Gasteiger partial charge in [-0.1, -0.05) is 32.9 Å². The van der Waals surface area contributed by atoms with Gasteiger partial charge in [-0.3, -0.25) is 4.79 Å². The second-order valence-corrected chi connectivity index (χ2v) is 8.76. The molecule has 0 aromatic heterocycles. The second kappa shape index (κ2) is 5.48. The third kappa shape index (κ3) is 2.61. The fourth-order valence-corrected chi connectivity index (χ4v) is 4.44. The summed E-state index contributed by atoms with van der Waals surface area (Å²) in [6.45, 7) is 11.8. The summed E-state index contributed by atoms with van der Waals surface area (Å²) in [6, 6.07) is 9.21. The quantitative estimate of drug-likeness (QED) is 0.905. The average molecular weight is 327 g/mol. The van der Waals surface area contributed by atoms with Gasteiger partial charge in [0.05, 0.1) is 0 Å². The van der Waals surface area contributed by atoms with Crippen LogP contribution in [0.15, 0.2) is 24.3 Å². The Balaban J connectivity index is 1.39. The van der Waals surface area contributed by atoms with E-state index in [0.29, 0.717) is 5.41 Å². The Hall–Kier alpha value is -1.55. The van der Waals surface area contributed by atoms with Crippen molar-refractivity contribution < 1.29 is 4.79 Å². The number of carbonyl (C=O) groups is 1. The first-order valence-electron chi connectivity index (χ1n) is 9.26. The number of rotatable bonds is 2. The summed E-state index contributed by atoms with van der Waals surface area (Å²) in [4.78, 5) is 16.8. The number of amides is 1. The zero-order valence-electron chi connectivity index (χ0n) is 15.1. The van der Waals surface area contributed by atoms with Crippen LogP contribution in [-0.4, -0.2) is 50.1 Å². The molecular formula is C20H29N3O. The van der Waals surface area contributed by atoms with Gasteiger partial charge in [0.1, 0.15) is 0 Å². The average Bonchev–Trinajstić information content (AvgIpc) is 3.15. The van der Waals surface area contributed by atoms with Crippen LogP contribution in [0.5, 0.6) is 0 Å². The van der Waals surface area contributed by atoms with Crippen LogP contribution in [0.2, 0.25) is 0 Å². The second-order valence-electron chi connectivity index (χ2n) is 8.76. The normalized spacial score (nSPS) is 29.5. The van der Waals surface area contributed by atoms with E-state index in [2.05, 4.69) is 34.5 Å². The van der Waals surface area contributed by atoms with Crippen LogP contribution >= 0.6 is 0 Å². The van der Waals surface area contributed by atoms with E-state index >= 15 is 0 Å². The van der Waals surface area contributed by atoms with Crippen molar-refractivity contribution in [3.63, 3.8) is 0 Å². The molecule has 24 heavy (non-hydrogen) atoms. The number of nitrogens with zero attached hydrogens (tertiary/aromatic N) is 2. The lowest BCUT2D eigenvalue weighted by atomic mass is 9.94. The number of fused-ring (bicyclic) bond motifs is 1. The number of piperidine rings is 1. The van der Waals surface area contributed by atoms with E-state index < -0.39 is 0 Å². The number of nitrogens with one attached hydrogen (secondary N) is 1. The van der Waals surface area contributed by atoms with Gasteiger partial charge in [0.2, 0.25) is 5.91 Å². The number of benzene rings is 1. The maximum absolute atomic E-state index is 12.4. The van der Waals surface area contributed by atoms with Gasteiger partial charge in [0, 0.05) is 49.2 Å². The molecule has 1 saturated carbocycles. The molecule has 1 amide bonds. The Kier molecular flexibility index (Phi) is 3.64. The lowest BCUT2D eigenvalue weighted by Gasteiger charge is -2.38. The first kappa shape index (κ1) is 15.9. The fraction of sp³-hybridized carbons (Fsp3) is 0.650. The third-order valence-corrected chi connectivity index (χ3v) is 6.08. The van der Waals surface area contributed by atoms with Crippen LogP contribution in [-0.2, 0) is 10.2 Å². The molecule has 2 saturated heterocycles. The van der Waals surface area contributed by atoms with Gasteiger partial charge in [-0.25, -0.2) is 0 Å². The molecule has 3 fully saturated rings. The van der Waals surface area contributed by atoms with Gasteiger partial charge in [-0.05, 0) is 36.6 Å². The van der Waals surface area contributed by atoms with Crippen molar-refractivity contribution in [3.8, 4) is 0 Å². The van der Waals surface area contributed by atoms with Crippen LogP contribution < -0.4 is 10.2 Å². The van der Waals surface area contributed by atoms with E-state index in [1.165, 1.54) is 24.2 Å². The molecule has 0 bridgehead atoms. The largest absolute Gasteiger partial charge is 0.368 e. The molecule has 2 atom stereocenters. The molecule has 0 radical (unpaired) electrons. The molecule has 1 aliphatic carbocycles. The predicted molar refractivity (Wildman–Crippen MR) is 97.3 cm³/mol. The van der Waals surface area contributed by atoms with Gasteiger partial charge >= 0.3 is 0 Å². The Morgan fingerprint density at radius 2 is 1.79 bits per heavy atom. The Morgan fingerprint density at radius 3 is 2.29 bits per heavy atom. The molecule has 3 aliphatic rings. The first-order valence-corrected chi connectivity index (χ1v) is 9.26. The minimum atomic E-state index is -0.279. The van der Waals surface area contributed by atoms with Crippen molar-refractivity contribution in [3.05, 3.63) is 29.8 Å². The molecule has 0 spiro atoms. The monoisotopic (exact) mass is 327 g/mol. The van der Waals surface area contributed by atoms with Gasteiger partial charge in [0.25, 0.3) is 0 Å². The summed E-state index contributed by atoms with van der Waals surface area (Å²) in [7, 11) is 0. The van der Waals surface area contributed by atoms with Gasteiger partial charge in [-0.15, -0.1) is 0 Å². The molecule has 1 aromatic rings. The van der Waals surface area contributed by atoms with Crippen LogP contribution in [0.4, 0.5) is 5.69 Å². The van der Waals surface area contributed by atoms with E-state index in [1.54, 1.807) is 0 Å². The molecule has 2 heterocycles. The van der Waals surface area contributed by atoms with Crippen LogP contribution in [0, 0.1) is 11.3 Å². The summed E-state index contributed by atoms with van der Waals surface area (Å²) in [5.41, 5.74) is 2.96. The molecule has 1 aromatic carbocycles. The molecule has 2 aliphatic heterocycles. The Bertz CT molecular complexity index is 625. The van der Waals surface area contributed by atoms with Gasteiger partial charge < -0.3 is 15.1 Å². The maximum Gasteiger partial charge on any atom is 0.228 e. The summed E-state index contributed by atoms with van der Waals surface area (Å²) >= 11 is 0. The third-order valence-electron chi connectivity index (χ3n) is 6.08. The number of piperazine rings is 1. The number of carbonyl (C=O) groups excluding carboxylic acids is 1. The highest BCUT2D eigenvalue weighted by molar-refractivity contribution is 5.81. The predicted octanol–water partition coefficient (Wildman–Crippen LogP) is 2.24. The lowest BCUT2D eigenvalue weighted by Crippen LogP contribution is -2.51. The van der Waals surface area contributed by atoms with Crippen molar-refractivity contribution in [2.45, 2.75) is 32.6 Å². The summed E-state index contributed by atoms with van der Waals surface area (Å²) in [5, 5.41) is 3.52. The number of anilines is 1. The SMILES string of the molecule is CC(C)(C)C(=O)N1CCN(c2ccc(C34CNCC3C4)cc2)CC1. The van der Waals surface area contributed by atoms with Crippen molar-refractivity contribution in [1.29, 1.82) is 0 Å². The maximum atomic E-state index is 12.4. The first-order chi connectivity index (χ1) is 11.4. The number of hydrogen-bond acceptors (Lipinski definition) is 3. The minimum absolute atomic E-state index is 0.269. The minimum Gasteiger partial charge on any atom is -0.368 e. The lowest BCUT2D eigenvalue weighted by molar-refractivity contribution is -0.139. The van der Waals surface area contributed by atoms with E-state index in [0.717, 1.165) is 38.6 Å². The van der Waals surface area contributed by atoms with E-state index in [4.69, 9.17) is 0 Å². The van der Waals surface area contributed by atoms with Crippen LogP contribution in [0.1, 0.15) is 32.8 Å². The highest BCUT2D eigenvalue weighted by Gasteiger charge is 2.57. The Labute approximate surface area is 145 Å². The molecule has 2 unspecified atom stereocenters. The number of hydrogen-bond donors (Lipinski definition) is 1. The van der Waals surface area contributed by atoms with Crippen LogP contribution in [0.25, 0.3) is 0 Å². The fourth-order valence-electron chi connectivity index (χ4n) is 4.44. The van der Waals surface area contributed by atoms with Crippen LogP contribution in [0.3, 0.4) is 0 Å². The molecule has 130 valence electrons. The van der Waals surface area contributed by atoms with Gasteiger partial charge in [0.15, 0.2) is 0 Å². The zero-order chi connectivity index (χ0) is 16.9. The summed E-state index contributed by atoms with van der Waals surface area (Å²) in [5.74, 6) is 1.13. The standard InChI is InChI=1S/C20H29N3O/c1-19(2,3)18(24)23-10-8-22(9-11-23)17-6-4-15(5-7-17)20-12-16(20)13-21-14-20/h4-7,16,21H,8-14H2,1-3H3. The topological polar surface area (TPSA) is 35.6 Å². The molecule has 4 nitrogen and oxygen atoms in total. The highest BCUT2D eigenvalue weighted by Crippen LogP contribution is 2.56. The summed E-state index contributed by atoms with van der Waals surface area (Å²) < 4.78 is 0. The molecule has 4 rings (SSSR count).